The van der Waals surface area contributed by atoms with Crippen LogP contribution < -0.4 is 0 Å². The van der Waals surface area contributed by atoms with Crippen LogP contribution in [0.25, 0.3) is 0 Å². The van der Waals surface area contributed by atoms with Crippen molar-refractivity contribution in [2.45, 2.75) is 52.1 Å². The highest BCUT2D eigenvalue weighted by Crippen LogP contribution is 2.27. The number of rotatable bonds is 3. The summed E-state index contributed by atoms with van der Waals surface area (Å²) in [6, 6.07) is 11.5. The van der Waals surface area contributed by atoms with Gasteiger partial charge < -0.3 is 0 Å². The van der Waals surface area contributed by atoms with E-state index in [1.807, 2.05) is 0 Å². The maximum Gasteiger partial charge on any atom is 0.123 e. The van der Waals surface area contributed by atoms with Crippen LogP contribution in [0.3, 0.4) is 0 Å². The average molecular weight is 299 g/mol. The zero-order valence-electron chi connectivity index (χ0n) is 14.6. The lowest BCUT2D eigenvalue weighted by molar-refractivity contribution is 0.0730. The largest absolute Gasteiger partial charge is 0.298 e. The van der Waals surface area contributed by atoms with Gasteiger partial charge in [0, 0.05) is 25.7 Å². The highest BCUT2D eigenvalue weighted by atomic mass is 15.3. The van der Waals surface area contributed by atoms with E-state index in [9.17, 15) is 5.26 Å². The van der Waals surface area contributed by atoms with Crippen molar-refractivity contribution in [3.8, 4) is 6.07 Å². The molecule has 1 aromatic rings. The van der Waals surface area contributed by atoms with Gasteiger partial charge in [-0.1, -0.05) is 52.0 Å². The van der Waals surface area contributed by atoms with E-state index in [-0.39, 0.29) is 11.5 Å². The number of nitriles is 1. The first-order valence-electron chi connectivity index (χ1n) is 8.35. The molecule has 1 saturated heterocycles. The summed E-state index contributed by atoms with van der Waals surface area (Å²) in [4.78, 5) is 4.80. The molecule has 0 saturated carbocycles. The molecule has 1 heterocycles. The first-order chi connectivity index (χ1) is 10.4. The molecule has 1 aromatic carbocycles. The van der Waals surface area contributed by atoms with Gasteiger partial charge in [0.25, 0.3) is 0 Å². The molecule has 2 atom stereocenters. The second-order valence-electron chi connectivity index (χ2n) is 7.38. The molecule has 0 amide bonds. The standard InChI is InChI=1S/C19H29N3/c1-6-21-11-12-22(14-15(21)2)18(13-20)16-7-9-17(10-8-16)19(3,4)5/h7-10,15,18H,6,11-12,14H2,1-5H3. The zero-order valence-corrected chi connectivity index (χ0v) is 14.6. The smallest absolute Gasteiger partial charge is 0.123 e. The van der Waals surface area contributed by atoms with Gasteiger partial charge in [0.1, 0.15) is 6.04 Å². The summed E-state index contributed by atoms with van der Waals surface area (Å²) in [6.07, 6.45) is 0. The van der Waals surface area contributed by atoms with Crippen LogP contribution in [0.5, 0.6) is 0 Å². The minimum atomic E-state index is -0.129. The quantitative estimate of drug-likeness (QED) is 0.854. The number of hydrogen-bond acceptors (Lipinski definition) is 3. The molecule has 2 unspecified atom stereocenters. The van der Waals surface area contributed by atoms with Crippen molar-refractivity contribution in [2.24, 2.45) is 0 Å². The normalized spacial score (nSPS) is 22.3. The van der Waals surface area contributed by atoms with Crippen LogP contribution in [0.15, 0.2) is 24.3 Å². The first-order valence-corrected chi connectivity index (χ1v) is 8.35. The van der Waals surface area contributed by atoms with Gasteiger partial charge in [0.2, 0.25) is 0 Å². The molecule has 0 aromatic heterocycles. The van der Waals surface area contributed by atoms with E-state index in [0.29, 0.717) is 6.04 Å². The maximum absolute atomic E-state index is 9.66. The molecule has 3 heteroatoms. The van der Waals surface area contributed by atoms with Crippen molar-refractivity contribution in [3.05, 3.63) is 35.4 Å². The summed E-state index contributed by atoms with van der Waals surface area (Å²) in [5.74, 6) is 0. The molecular weight excluding hydrogens is 270 g/mol. The number of benzene rings is 1. The summed E-state index contributed by atoms with van der Waals surface area (Å²) < 4.78 is 0. The lowest BCUT2D eigenvalue weighted by atomic mass is 9.86. The fourth-order valence-corrected chi connectivity index (χ4v) is 3.26. The molecule has 2 rings (SSSR count). The molecule has 22 heavy (non-hydrogen) atoms. The van der Waals surface area contributed by atoms with Crippen LogP contribution in [0.1, 0.15) is 51.8 Å². The Kier molecular flexibility index (Phi) is 5.26. The lowest BCUT2D eigenvalue weighted by Gasteiger charge is -2.41. The summed E-state index contributed by atoms with van der Waals surface area (Å²) in [5, 5.41) is 9.66. The third-order valence-electron chi connectivity index (χ3n) is 4.78. The molecule has 0 radical (unpaired) electrons. The van der Waals surface area contributed by atoms with Gasteiger partial charge in [0.05, 0.1) is 6.07 Å². The third kappa shape index (κ3) is 3.69. The molecule has 1 aliphatic heterocycles. The van der Waals surface area contributed by atoms with E-state index in [4.69, 9.17) is 0 Å². The van der Waals surface area contributed by atoms with E-state index in [2.05, 4.69) is 74.8 Å². The Bertz CT molecular complexity index is 521. The summed E-state index contributed by atoms with van der Waals surface area (Å²) in [7, 11) is 0. The molecule has 0 aliphatic carbocycles. The van der Waals surface area contributed by atoms with Crippen LogP contribution in [-0.4, -0.2) is 42.0 Å². The number of likely N-dealkylation sites (N-methyl/N-ethyl adjacent to an activating group) is 1. The van der Waals surface area contributed by atoms with Crippen LogP contribution in [-0.2, 0) is 5.41 Å². The number of hydrogen-bond donors (Lipinski definition) is 0. The van der Waals surface area contributed by atoms with E-state index in [1.165, 1.54) is 5.56 Å². The molecule has 1 fully saturated rings. The van der Waals surface area contributed by atoms with Crippen molar-refractivity contribution >= 4 is 0 Å². The van der Waals surface area contributed by atoms with Crippen LogP contribution in [0.2, 0.25) is 0 Å². The number of piperazine rings is 1. The zero-order chi connectivity index (χ0) is 16.3. The van der Waals surface area contributed by atoms with Gasteiger partial charge in [-0.3, -0.25) is 9.80 Å². The van der Waals surface area contributed by atoms with Crippen molar-refractivity contribution in [1.29, 1.82) is 5.26 Å². The third-order valence-corrected chi connectivity index (χ3v) is 4.78. The molecule has 0 N–H and O–H groups in total. The van der Waals surface area contributed by atoms with Gasteiger partial charge in [-0.05, 0) is 30.0 Å². The monoisotopic (exact) mass is 299 g/mol. The van der Waals surface area contributed by atoms with E-state index < -0.39 is 0 Å². The van der Waals surface area contributed by atoms with Crippen molar-refractivity contribution in [2.75, 3.05) is 26.2 Å². The van der Waals surface area contributed by atoms with Gasteiger partial charge >= 0.3 is 0 Å². The highest BCUT2D eigenvalue weighted by molar-refractivity contribution is 5.31. The molecule has 1 aliphatic rings. The average Bonchev–Trinajstić information content (AvgIpc) is 2.48. The minimum absolute atomic E-state index is 0.129. The van der Waals surface area contributed by atoms with Crippen molar-refractivity contribution in [1.82, 2.24) is 9.80 Å². The van der Waals surface area contributed by atoms with Crippen molar-refractivity contribution in [3.63, 3.8) is 0 Å². The van der Waals surface area contributed by atoms with Crippen LogP contribution >= 0.6 is 0 Å². The Morgan fingerprint density at radius 1 is 1.23 bits per heavy atom. The Morgan fingerprint density at radius 3 is 2.32 bits per heavy atom. The van der Waals surface area contributed by atoms with Gasteiger partial charge in [-0.15, -0.1) is 0 Å². The van der Waals surface area contributed by atoms with E-state index in [1.54, 1.807) is 0 Å². The SMILES string of the molecule is CCN1CCN(C(C#N)c2ccc(C(C)(C)C)cc2)CC1C. The Labute approximate surface area is 135 Å². The van der Waals surface area contributed by atoms with Crippen LogP contribution in [0, 0.1) is 11.3 Å². The van der Waals surface area contributed by atoms with Gasteiger partial charge in [-0.2, -0.15) is 5.26 Å². The fourth-order valence-electron chi connectivity index (χ4n) is 3.26. The van der Waals surface area contributed by atoms with Gasteiger partial charge in [0.15, 0.2) is 0 Å². The summed E-state index contributed by atoms with van der Waals surface area (Å²) in [5.41, 5.74) is 2.59. The Morgan fingerprint density at radius 2 is 1.86 bits per heavy atom. The van der Waals surface area contributed by atoms with Gasteiger partial charge in [-0.25, -0.2) is 0 Å². The lowest BCUT2D eigenvalue weighted by Crippen LogP contribution is -2.52. The summed E-state index contributed by atoms with van der Waals surface area (Å²) >= 11 is 0. The molecule has 0 spiro atoms. The summed E-state index contributed by atoms with van der Waals surface area (Å²) in [6.45, 7) is 15.2. The topological polar surface area (TPSA) is 30.3 Å². The second-order valence-corrected chi connectivity index (χ2v) is 7.38. The molecule has 0 bridgehead atoms. The van der Waals surface area contributed by atoms with Crippen molar-refractivity contribution < 1.29 is 0 Å². The number of nitrogens with zero attached hydrogens (tertiary/aromatic N) is 3. The predicted molar refractivity (Wildman–Crippen MR) is 91.8 cm³/mol. The fraction of sp³-hybridized carbons (Fsp3) is 0.632. The molecule has 120 valence electrons. The van der Waals surface area contributed by atoms with E-state index in [0.717, 1.165) is 31.7 Å². The minimum Gasteiger partial charge on any atom is -0.298 e. The maximum atomic E-state index is 9.66. The van der Waals surface area contributed by atoms with E-state index >= 15 is 0 Å². The molecule has 3 nitrogen and oxygen atoms in total. The van der Waals surface area contributed by atoms with Crippen LogP contribution in [0.4, 0.5) is 0 Å². The molecular formula is C19H29N3. The highest BCUT2D eigenvalue weighted by Gasteiger charge is 2.28. The predicted octanol–water partition coefficient (Wildman–Crippen LogP) is 3.57. The first kappa shape index (κ1) is 17.0. The second kappa shape index (κ2) is 6.81. The Hall–Kier alpha value is -1.37. The Balaban J connectivity index is 2.14.